The van der Waals surface area contributed by atoms with Crippen LogP contribution in [0, 0.1) is 0 Å². The molecular weight excluding hydrogens is 580 g/mol. The summed E-state index contributed by atoms with van der Waals surface area (Å²) >= 11 is 0. The van der Waals surface area contributed by atoms with Gasteiger partial charge in [-0.05, 0) is 25.0 Å². The predicted octanol–water partition coefficient (Wildman–Crippen LogP) is 14.7. The summed E-state index contributed by atoms with van der Waals surface area (Å²) in [5.41, 5.74) is 0.219. The van der Waals surface area contributed by atoms with E-state index in [0.29, 0.717) is 24.7 Å². The van der Waals surface area contributed by atoms with E-state index in [-0.39, 0.29) is 5.56 Å². The summed E-state index contributed by atoms with van der Waals surface area (Å²) < 4.78 is 11.9. The topological polar surface area (TPSA) is 55.8 Å². The molecule has 274 valence electrons. The van der Waals surface area contributed by atoms with Gasteiger partial charge in [-0.25, -0.2) is 4.79 Å². The molecule has 1 aromatic rings. The number of aromatic carboxylic acids is 1. The van der Waals surface area contributed by atoms with Gasteiger partial charge >= 0.3 is 5.97 Å². The highest BCUT2D eigenvalue weighted by Gasteiger charge is 2.13. The van der Waals surface area contributed by atoms with E-state index in [1.807, 2.05) is 0 Å². The fourth-order valence-electron chi connectivity index (χ4n) is 6.56. The quantitative estimate of drug-likeness (QED) is 0.0723. The molecule has 0 fully saturated rings. The van der Waals surface area contributed by atoms with Gasteiger partial charge in [-0.3, -0.25) is 0 Å². The Bertz CT molecular complexity index is 807. The number of hydrogen-bond acceptors (Lipinski definition) is 3. The van der Waals surface area contributed by atoms with Gasteiger partial charge in [-0.15, -0.1) is 0 Å². The van der Waals surface area contributed by atoms with E-state index in [1.165, 1.54) is 186 Å². The van der Waals surface area contributed by atoms with Crippen LogP contribution in [0.3, 0.4) is 0 Å². The number of unbranched alkanes of at least 4 members (excludes halogenated alkanes) is 30. The maximum absolute atomic E-state index is 11.7. The molecule has 0 amide bonds. The zero-order valence-corrected chi connectivity index (χ0v) is 31.4. The third-order valence-corrected chi connectivity index (χ3v) is 9.71. The van der Waals surface area contributed by atoms with Crippen LogP contribution in [0.25, 0.3) is 0 Å². The highest BCUT2D eigenvalue weighted by molar-refractivity contribution is 5.91. The average Bonchev–Trinajstić information content (AvgIpc) is 3.07. The summed E-state index contributed by atoms with van der Waals surface area (Å²) in [5.74, 6) is 0.192. The number of rotatable bonds is 37. The molecule has 1 N–H and O–H groups in total. The molecule has 0 aliphatic heterocycles. The molecule has 47 heavy (non-hydrogen) atoms. The van der Waals surface area contributed by atoms with Crippen molar-refractivity contribution in [1.82, 2.24) is 0 Å². The van der Waals surface area contributed by atoms with Gasteiger partial charge in [0, 0.05) is 6.07 Å². The average molecular weight is 659 g/mol. The first kappa shape index (κ1) is 43.3. The van der Waals surface area contributed by atoms with E-state index in [2.05, 4.69) is 13.8 Å². The molecule has 0 unspecified atom stereocenters. The minimum absolute atomic E-state index is 0.219. The normalized spacial score (nSPS) is 11.3. The van der Waals surface area contributed by atoms with Gasteiger partial charge in [0.25, 0.3) is 0 Å². The van der Waals surface area contributed by atoms with Crippen LogP contribution >= 0.6 is 0 Å². The lowest BCUT2D eigenvalue weighted by molar-refractivity contribution is 0.0692. The maximum Gasteiger partial charge on any atom is 0.339 e. The van der Waals surface area contributed by atoms with Crippen molar-refractivity contribution in [3.05, 3.63) is 23.8 Å². The fraction of sp³-hybridized carbons (Fsp3) is 0.837. The molecule has 4 heteroatoms. The number of carboxylic acid groups (broad SMARTS) is 1. The second kappa shape index (κ2) is 34.2. The van der Waals surface area contributed by atoms with Crippen molar-refractivity contribution in [1.29, 1.82) is 0 Å². The van der Waals surface area contributed by atoms with Crippen molar-refractivity contribution in [3.63, 3.8) is 0 Å². The molecule has 0 heterocycles. The second-order valence-electron chi connectivity index (χ2n) is 14.3. The molecule has 4 nitrogen and oxygen atoms in total. The van der Waals surface area contributed by atoms with E-state index < -0.39 is 5.97 Å². The van der Waals surface area contributed by atoms with E-state index >= 15 is 0 Å². The van der Waals surface area contributed by atoms with Gasteiger partial charge in [0.05, 0.1) is 13.2 Å². The van der Waals surface area contributed by atoms with Crippen molar-refractivity contribution >= 4 is 5.97 Å². The number of hydrogen-bond donors (Lipinski definition) is 1. The molecule has 0 saturated heterocycles. The molecule has 0 aromatic heterocycles. The van der Waals surface area contributed by atoms with Crippen molar-refractivity contribution in [2.75, 3.05) is 13.2 Å². The largest absolute Gasteiger partial charge is 0.493 e. The van der Waals surface area contributed by atoms with Crippen LogP contribution in [0.4, 0.5) is 0 Å². The molecule has 0 aliphatic rings. The highest BCUT2D eigenvalue weighted by Crippen LogP contribution is 2.26. The molecular formula is C43H78O4. The van der Waals surface area contributed by atoms with Crippen LogP contribution < -0.4 is 9.47 Å². The second-order valence-corrected chi connectivity index (χ2v) is 14.3. The first-order valence-electron chi connectivity index (χ1n) is 20.8. The molecule has 0 bridgehead atoms. The standard InChI is InChI=1S/C43H78O4/c1-3-5-7-9-11-13-15-17-19-21-23-25-27-29-31-33-37-46-40-35-36-41(43(44)45)42(39-40)47-38-34-32-30-28-26-24-22-20-18-16-14-12-10-8-6-4-2/h35-36,39H,3-34,37-38H2,1-2H3,(H,44,45). The molecule has 0 aliphatic carbocycles. The highest BCUT2D eigenvalue weighted by atomic mass is 16.5. The first-order valence-corrected chi connectivity index (χ1v) is 20.8. The van der Waals surface area contributed by atoms with Crippen LogP contribution in [0.1, 0.15) is 230 Å². The van der Waals surface area contributed by atoms with E-state index in [1.54, 1.807) is 18.2 Å². The summed E-state index contributed by atoms with van der Waals surface area (Å²) in [7, 11) is 0. The van der Waals surface area contributed by atoms with Gasteiger partial charge < -0.3 is 14.6 Å². The van der Waals surface area contributed by atoms with Gasteiger partial charge in [-0.2, -0.15) is 0 Å². The molecule has 1 aromatic carbocycles. The minimum atomic E-state index is -0.948. The minimum Gasteiger partial charge on any atom is -0.493 e. The Morgan fingerprint density at radius 1 is 0.447 bits per heavy atom. The summed E-state index contributed by atoms with van der Waals surface area (Å²) in [6, 6.07) is 5.15. The molecule has 1 rings (SSSR count). The molecule has 0 radical (unpaired) electrons. The summed E-state index contributed by atoms with van der Waals surface area (Å²) in [4.78, 5) is 11.7. The Morgan fingerprint density at radius 3 is 1.06 bits per heavy atom. The zero-order valence-electron chi connectivity index (χ0n) is 31.4. The van der Waals surface area contributed by atoms with Gasteiger partial charge in [0.1, 0.15) is 17.1 Å². The van der Waals surface area contributed by atoms with E-state index in [9.17, 15) is 9.90 Å². The number of carbonyl (C=O) groups is 1. The van der Waals surface area contributed by atoms with Crippen molar-refractivity contribution in [2.24, 2.45) is 0 Å². The van der Waals surface area contributed by atoms with E-state index in [0.717, 1.165) is 19.3 Å². The monoisotopic (exact) mass is 659 g/mol. The first-order chi connectivity index (χ1) is 23.2. The van der Waals surface area contributed by atoms with Crippen LogP contribution in [-0.4, -0.2) is 24.3 Å². The Balaban J connectivity index is 2.01. The SMILES string of the molecule is CCCCCCCCCCCCCCCCCCOc1ccc(C(=O)O)c(OCCCCCCCCCCCCCCCCCC)c1. The van der Waals surface area contributed by atoms with Crippen molar-refractivity contribution in [3.8, 4) is 11.5 Å². The maximum atomic E-state index is 11.7. The van der Waals surface area contributed by atoms with Gasteiger partial charge in [-0.1, -0.05) is 206 Å². The van der Waals surface area contributed by atoms with Crippen LogP contribution in [-0.2, 0) is 0 Å². The third kappa shape index (κ3) is 27.9. The Labute approximate surface area is 292 Å². The summed E-state index contributed by atoms with van der Waals surface area (Å²) in [6.45, 7) is 5.80. The number of ether oxygens (including phenoxy) is 2. The summed E-state index contributed by atoms with van der Waals surface area (Å²) in [5, 5.41) is 9.61. The Kier molecular flexibility index (Phi) is 31.5. The van der Waals surface area contributed by atoms with Crippen LogP contribution in [0.5, 0.6) is 11.5 Å². The lowest BCUT2D eigenvalue weighted by Gasteiger charge is -2.12. The predicted molar refractivity (Wildman–Crippen MR) is 203 cm³/mol. The lowest BCUT2D eigenvalue weighted by Crippen LogP contribution is -2.06. The molecule has 0 spiro atoms. The molecule has 0 atom stereocenters. The Hall–Kier alpha value is -1.71. The van der Waals surface area contributed by atoms with Crippen LogP contribution in [0.2, 0.25) is 0 Å². The Morgan fingerprint density at radius 2 is 0.745 bits per heavy atom. The van der Waals surface area contributed by atoms with Crippen molar-refractivity contribution < 1.29 is 19.4 Å². The van der Waals surface area contributed by atoms with Crippen molar-refractivity contribution in [2.45, 2.75) is 219 Å². The summed E-state index contributed by atoms with van der Waals surface area (Å²) in [6.07, 6.45) is 43.1. The third-order valence-electron chi connectivity index (χ3n) is 9.71. The van der Waals surface area contributed by atoms with Gasteiger partial charge in [0.15, 0.2) is 0 Å². The molecule has 0 saturated carbocycles. The lowest BCUT2D eigenvalue weighted by atomic mass is 10.0. The number of benzene rings is 1. The smallest absolute Gasteiger partial charge is 0.339 e. The van der Waals surface area contributed by atoms with Crippen LogP contribution in [0.15, 0.2) is 18.2 Å². The number of carboxylic acids is 1. The van der Waals surface area contributed by atoms with E-state index in [4.69, 9.17) is 9.47 Å². The fourth-order valence-corrected chi connectivity index (χ4v) is 6.56. The van der Waals surface area contributed by atoms with Gasteiger partial charge in [0.2, 0.25) is 0 Å². The zero-order chi connectivity index (χ0) is 33.9.